The third-order valence-electron chi connectivity index (χ3n) is 27.9. The van der Waals surface area contributed by atoms with E-state index in [2.05, 4.69) is 464 Å². The normalized spacial score (nSPS) is 14.1. The first kappa shape index (κ1) is 108. The highest BCUT2D eigenvalue weighted by Gasteiger charge is 2.28. The number of aryl methyl sites for hydroxylation is 7. The summed E-state index contributed by atoms with van der Waals surface area (Å²) in [7, 11) is 0. The van der Waals surface area contributed by atoms with Gasteiger partial charge in [-0.2, -0.15) is 0 Å². The number of pyridine rings is 4. The van der Waals surface area contributed by atoms with E-state index in [0.717, 1.165) is 16.7 Å². The summed E-state index contributed by atoms with van der Waals surface area (Å²) in [5, 5.41) is 10.3. The van der Waals surface area contributed by atoms with E-state index in [9.17, 15) is 0 Å². The van der Waals surface area contributed by atoms with E-state index in [1.165, 1.54) is 203 Å². The summed E-state index contributed by atoms with van der Waals surface area (Å²) in [6.07, 6.45) is 33.6. The Morgan fingerprint density at radius 1 is 0.181 bits per heavy atom. The second kappa shape index (κ2) is 46.2. The van der Waals surface area contributed by atoms with Gasteiger partial charge < -0.3 is 0 Å². The molecule has 4 nitrogen and oxygen atoms in total. The van der Waals surface area contributed by atoms with Crippen molar-refractivity contribution in [3.63, 3.8) is 0 Å². The van der Waals surface area contributed by atoms with Crippen molar-refractivity contribution in [2.45, 2.75) is 377 Å². The summed E-state index contributed by atoms with van der Waals surface area (Å²) in [6, 6.07) is 89.4. The quantitative estimate of drug-likeness (QED) is 0.152. The molecule has 5 aliphatic carbocycles. The molecule has 0 spiro atoms. The van der Waals surface area contributed by atoms with Gasteiger partial charge in [-0.1, -0.05) is 426 Å². The fourth-order valence-electron chi connectivity index (χ4n) is 19.6. The summed E-state index contributed by atoms with van der Waals surface area (Å²) >= 11 is 0. The Labute approximate surface area is 836 Å². The molecule has 0 saturated carbocycles. The number of para-hydroxylation sites is 2. The zero-order chi connectivity index (χ0) is 100. The highest BCUT2D eigenvalue weighted by atomic mass is 14.7. The van der Waals surface area contributed by atoms with Gasteiger partial charge in [-0.05, 0) is 327 Å². The smallest absolute Gasteiger partial charge is 0.0704 e. The van der Waals surface area contributed by atoms with Gasteiger partial charge in [0.15, 0.2) is 0 Å². The Balaban J connectivity index is 0.000000147. The summed E-state index contributed by atoms with van der Waals surface area (Å²) < 4.78 is 0. The SMILES string of the molecule is CC(C)(C)c1cc2ccccc2cn1.CC(C)(C)c1ccc2c(c1)CCC2.CC(C)(C)c1ccc2c(c1)CCCC2.CC(C)(C)c1ccc2ccccc2c1.CC(C)(C)c1cccc2c1CCC2.CC(C)(C)c1cccc2c1CCCC2.CC(C)(C)c1cccc2ccccc12.CC(C)(C)c1ccnc2ccccc12.CC(C)(C)c1cnc2ccccc2c1.CC(C)(C)c1cncc2c1CCCC2. The molecule has 15 aromatic rings. The van der Waals surface area contributed by atoms with Crippen molar-refractivity contribution < 1.29 is 0 Å². The second-order valence-corrected chi connectivity index (χ2v) is 49.8. The predicted octanol–water partition coefficient (Wildman–Crippen LogP) is 36.8. The molecule has 4 heterocycles. The molecule has 20 rings (SSSR count). The van der Waals surface area contributed by atoms with Crippen LogP contribution < -0.4 is 0 Å². The van der Waals surface area contributed by atoms with Gasteiger partial charge in [-0.15, -0.1) is 0 Å². The first-order valence-electron chi connectivity index (χ1n) is 52.3. The van der Waals surface area contributed by atoms with Crippen LogP contribution in [0.3, 0.4) is 0 Å². The highest BCUT2D eigenvalue weighted by molar-refractivity contribution is 5.87. The molecule has 0 radical (unpaired) electrons. The molecule has 11 aromatic carbocycles. The number of rotatable bonds is 0. The molecular formula is C134H172N4. The van der Waals surface area contributed by atoms with Crippen LogP contribution in [0.2, 0.25) is 0 Å². The average Bonchev–Trinajstić information content (AvgIpc) is 1.25. The van der Waals surface area contributed by atoms with Crippen molar-refractivity contribution in [3.8, 4) is 0 Å². The Hall–Kier alpha value is -10.7. The van der Waals surface area contributed by atoms with Crippen LogP contribution in [0.1, 0.15) is 370 Å². The topological polar surface area (TPSA) is 51.6 Å². The van der Waals surface area contributed by atoms with Gasteiger partial charge in [-0.3, -0.25) is 19.9 Å². The monoisotopic (exact) mass is 1840 g/mol. The number of hydrogen-bond acceptors (Lipinski definition) is 4. The van der Waals surface area contributed by atoms with Gasteiger partial charge >= 0.3 is 0 Å². The van der Waals surface area contributed by atoms with Crippen LogP contribution in [-0.2, 0) is 118 Å². The molecule has 5 aliphatic rings. The zero-order valence-corrected chi connectivity index (χ0v) is 91.1. The molecule has 0 amide bonds. The molecule has 0 aliphatic heterocycles. The molecule has 0 atom stereocenters. The van der Waals surface area contributed by atoms with Gasteiger partial charge in [-0.25, -0.2) is 0 Å². The van der Waals surface area contributed by atoms with Crippen molar-refractivity contribution >= 4 is 54.1 Å². The largest absolute Gasteiger partial charge is 0.264 e. The van der Waals surface area contributed by atoms with E-state index in [4.69, 9.17) is 0 Å². The van der Waals surface area contributed by atoms with Crippen molar-refractivity contribution in [2.24, 2.45) is 0 Å². The van der Waals surface area contributed by atoms with Crippen LogP contribution in [0.5, 0.6) is 0 Å². The van der Waals surface area contributed by atoms with E-state index in [1.807, 2.05) is 42.9 Å². The molecule has 4 aromatic heterocycles. The molecule has 138 heavy (non-hydrogen) atoms. The predicted molar refractivity (Wildman–Crippen MR) is 604 cm³/mol. The number of hydrogen-bond donors (Lipinski definition) is 0. The summed E-state index contributed by atoms with van der Waals surface area (Å²) in [4.78, 5) is 17.6. The first-order valence-corrected chi connectivity index (χ1v) is 52.3. The molecule has 0 N–H and O–H groups in total. The number of benzene rings is 11. The van der Waals surface area contributed by atoms with Crippen molar-refractivity contribution in [2.75, 3.05) is 0 Å². The van der Waals surface area contributed by atoms with Crippen molar-refractivity contribution in [1.82, 2.24) is 19.9 Å². The van der Waals surface area contributed by atoms with E-state index < -0.39 is 0 Å². The average molecular weight is 1840 g/mol. The Morgan fingerprint density at radius 3 is 1.07 bits per heavy atom. The second-order valence-electron chi connectivity index (χ2n) is 49.8. The lowest BCUT2D eigenvalue weighted by atomic mass is 9.78. The minimum absolute atomic E-state index is 0.129. The minimum Gasteiger partial charge on any atom is -0.264 e. The number of aromatic nitrogens is 4. The van der Waals surface area contributed by atoms with Gasteiger partial charge in [0.25, 0.3) is 0 Å². The fourth-order valence-corrected chi connectivity index (χ4v) is 19.6. The van der Waals surface area contributed by atoms with E-state index in [0.29, 0.717) is 21.7 Å². The van der Waals surface area contributed by atoms with Crippen LogP contribution in [0.25, 0.3) is 54.1 Å². The number of fused-ring (bicyclic) bond motifs is 10. The van der Waals surface area contributed by atoms with Gasteiger partial charge in [0.2, 0.25) is 0 Å². The molecule has 0 unspecified atom stereocenters. The van der Waals surface area contributed by atoms with Crippen LogP contribution >= 0.6 is 0 Å². The first-order chi connectivity index (χ1) is 64.8. The molecule has 0 bridgehead atoms. The van der Waals surface area contributed by atoms with Crippen LogP contribution in [0.4, 0.5) is 0 Å². The molecule has 0 fully saturated rings. The molecule has 0 saturated heterocycles. The third kappa shape index (κ3) is 30.4. The Bertz CT molecular complexity index is 6090. The maximum Gasteiger partial charge on any atom is 0.0704 e. The maximum atomic E-state index is 4.48. The van der Waals surface area contributed by atoms with Gasteiger partial charge in [0, 0.05) is 58.3 Å². The minimum atomic E-state index is 0.129. The molecule has 728 valence electrons. The molecule has 4 heteroatoms. The fraction of sp³-hybridized carbons (Fsp3) is 0.433. The number of nitrogens with zero attached hydrogens (tertiary/aromatic N) is 4. The van der Waals surface area contributed by atoms with Crippen LogP contribution in [0.15, 0.2) is 280 Å². The zero-order valence-electron chi connectivity index (χ0n) is 91.1. The summed E-state index contributed by atoms with van der Waals surface area (Å²) in [6.45, 7) is 67.8. The van der Waals surface area contributed by atoms with Crippen molar-refractivity contribution in [3.05, 3.63) is 391 Å². The maximum absolute atomic E-state index is 4.48. The van der Waals surface area contributed by atoms with E-state index >= 15 is 0 Å². The van der Waals surface area contributed by atoms with Gasteiger partial charge in [0.05, 0.1) is 11.0 Å². The van der Waals surface area contributed by atoms with Crippen molar-refractivity contribution in [1.29, 1.82) is 0 Å². The Kier molecular flexibility index (Phi) is 36.0. The van der Waals surface area contributed by atoms with Crippen LogP contribution in [-0.4, -0.2) is 19.9 Å². The summed E-state index contributed by atoms with van der Waals surface area (Å²) in [5.74, 6) is 0. The Morgan fingerprint density at radius 2 is 0.543 bits per heavy atom. The van der Waals surface area contributed by atoms with Crippen LogP contribution in [0, 0.1) is 0 Å². The third-order valence-corrected chi connectivity index (χ3v) is 27.9. The van der Waals surface area contributed by atoms with E-state index in [1.54, 1.807) is 61.2 Å². The van der Waals surface area contributed by atoms with Gasteiger partial charge in [0.1, 0.15) is 0 Å². The lowest BCUT2D eigenvalue weighted by Crippen LogP contribution is -2.18. The molecular weight excluding hydrogens is 1670 g/mol. The highest BCUT2D eigenvalue weighted by Crippen LogP contribution is 2.40. The standard InChI is InChI=1S/C14H20.C14H16.C14H20.C14H16.C13H15N.C13H19N.2C13H15N.2C13H18/c2*1-14(2,3)13-10-6-8-11-7-4-5-9-12(11)13;2*1-14(2,3)13-9-8-11-6-4-5-7-12(11)10-13;1-13(2,3)11-8-10-6-4-5-7-12(10)14-9-11;1-13(2,3)12-9-14-8-10-6-4-5-7-11(10)12;1-13(2,3)12-8-10-6-4-5-7-11(10)9-14-12;1-13(2,3)11-8-9-14-12-7-5-4-6-10(11)12;1-13(2,3)12-9-5-7-10-6-4-8-11(10)12;1-13(2,3)12-8-7-10-5-4-6-11(10)9-12/h6,8,10H,4-5,7,9H2,1-3H3;4-10H,1-3H3;8-10H,4-7H2,1-3H3;4-10H,1-3H3;4-9H,1-3H3;8-9H,4-7H2,1-3H3;2*4-9H,1-3H3;5,7,9H,4,6,8H2,1-3H3;7-9H,4-6H2,1-3H3. The lowest BCUT2D eigenvalue weighted by molar-refractivity contribution is 0.564. The van der Waals surface area contributed by atoms with E-state index in [-0.39, 0.29) is 32.5 Å². The summed E-state index contributed by atoms with van der Waals surface area (Å²) in [5.41, 5.74) is 34.6. The lowest BCUT2D eigenvalue weighted by Gasteiger charge is -2.27.